The van der Waals surface area contributed by atoms with Crippen molar-refractivity contribution in [2.75, 3.05) is 0 Å². The number of fused-ring (bicyclic) bond motifs is 3. The van der Waals surface area contributed by atoms with Crippen LogP contribution in [0.3, 0.4) is 0 Å². The Morgan fingerprint density at radius 1 is 1.00 bits per heavy atom. The van der Waals surface area contributed by atoms with Crippen molar-refractivity contribution in [2.45, 2.75) is 4.90 Å². The molecule has 0 spiro atoms. The molecule has 0 fully saturated rings. The smallest absolute Gasteiger partial charge is 0.261 e. The van der Waals surface area contributed by atoms with Gasteiger partial charge in [0, 0.05) is 27.5 Å². The summed E-state index contributed by atoms with van der Waals surface area (Å²) < 4.78 is 41.0. The van der Waals surface area contributed by atoms with Gasteiger partial charge in [-0.05, 0) is 30.3 Å². The van der Waals surface area contributed by atoms with Gasteiger partial charge in [0.1, 0.15) is 17.0 Å². The lowest BCUT2D eigenvalue weighted by Crippen LogP contribution is -1.88. The Balaban J connectivity index is 2.43. The Hall–Kier alpha value is -1.59. The normalized spacial score (nSPS) is 12.3. The molecule has 3 nitrogen and oxygen atoms in total. The summed E-state index contributed by atoms with van der Waals surface area (Å²) in [5, 5.41) is 1.24. The van der Waals surface area contributed by atoms with Gasteiger partial charge in [-0.1, -0.05) is 0 Å². The molecule has 0 atom stereocenters. The van der Waals surface area contributed by atoms with Crippen LogP contribution in [-0.4, -0.2) is 8.42 Å². The molecule has 3 aromatic rings. The zero-order valence-corrected chi connectivity index (χ0v) is 10.4. The maximum Gasteiger partial charge on any atom is 0.261 e. The lowest BCUT2D eigenvalue weighted by Gasteiger charge is -1.95. The quantitative estimate of drug-likeness (QED) is 0.641. The molecule has 0 bridgehead atoms. The van der Waals surface area contributed by atoms with E-state index in [1.807, 2.05) is 0 Å². The van der Waals surface area contributed by atoms with Crippen LogP contribution in [0.4, 0.5) is 4.39 Å². The molecule has 18 heavy (non-hydrogen) atoms. The molecule has 0 aliphatic carbocycles. The molecule has 0 unspecified atom stereocenters. The molecule has 0 aliphatic rings. The van der Waals surface area contributed by atoms with Gasteiger partial charge >= 0.3 is 0 Å². The van der Waals surface area contributed by atoms with Crippen molar-refractivity contribution in [3.05, 3.63) is 42.2 Å². The molecule has 1 aromatic heterocycles. The van der Waals surface area contributed by atoms with Gasteiger partial charge < -0.3 is 4.42 Å². The molecular weight excluding hydrogens is 279 g/mol. The molecule has 0 N–H and O–H groups in total. The van der Waals surface area contributed by atoms with E-state index in [1.54, 1.807) is 6.07 Å². The van der Waals surface area contributed by atoms with E-state index in [0.29, 0.717) is 21.9 Å². The monoisotopic (exact) mass is 284 g/mol. The number of hydrogen-bond acceptors (Lipinski definition) is 3. The van der Waals surface area contributed by atoms with Crippen LogP contribution in [0.5, 0.6) is 0 Å². The van der Waals surface area contributed by atoms with Crippen molar-refractivity contribution in [3.63, 3.8) is 0 Å². The van der Waals surface area contributed by atoms with E-state index in [2.05, 4.69) is 0 Å². The van der Waals surface area contributed by atoms with Crippen molar-refractivity contribution in [2.24, 2.45) is 0 Å². The Morgan fingerprint density at radius 2 is 1.78 bits per heavy atom. The van der Waals surface area contributed by atoms with Gasteiger partial charge in [-0.15, -0.1) is 0 Å². The van der Waals surface area contributed by atoms with Gasteiger partial charge in [0.15, 0.2) is 0 Å². The molecular formula is C12H6ClFO3S. The fraction of sp³-hybridized carbons (Fsp3) is 0. The third kappa shape index (κ3) is 1.76. The van der Waals surface area contributed by atoms with Gasteiger partial charge in [-0.2, -0.15) is 0 Å². The number of hydrogen-bond donors (Lipinski definition) is 0. The first-order valence-electron chi connectivity index (χ1n) is 5.02. The minimum Gasteiger partial charge on any atom is -0.456 e. The topological polar surface area (TPSA) is 47.3 Å². The van der Waals surface area contributed by atoms with Crippen LogP contribution >= 0.6 is 10.7 Å². The van der Waals surface area contributed by atoms with E-state index < -0.39 is 14.9 Å². The van der Waals surface area contributed by atoms with E-state index in [1.165, 1.54) is 30.3 Å². The zero-order valence-electron chi connectivity index (χ0n) is 8.85. The number of furan rings is 1. The maximum atomic E-state index is 13.1. The number of benzene rings is 2. The summed E-state index contributed by atoms with van der Waals surface area (Å²) in [7, 11) is 1.49. The Morgan fingerprint density at radius 3 is 2.50 bits per heavy atom. The van der Waals surface area contributed by atoms with Gasteiger partial charge in [-0.3, -0.25) is 0 Å². The first-order valence-corrected chi connectivity index (χ1v) is 7.32. The average Bonchev–Trinajstić information content (AvgIpc) is 2.63. The number of rotatable bonds is 1. The fourth-order valence-corrected chi connectivity index (χ4v) is 2.66. The predicted molar refractivity (Wildman–Crippen MR) is 66.7 cm³/mol. The first kappa shape index (κ1) is 11.5. The van der Waals surface area contributed by atoms with Crippen molar-refractivity contribution < 1.29 is 17.2 Å². The summed E-state index contributed by atoms with van der Waals surface area (Å²) in [6.07, 6.45) is 0. The fourth-order valence-electron chi connectivity index (χ4n) is 1.88. The Kier molecular flexibility index (Phi) is 2.36. The summed E-state index contributed by atoms with van der Waals surface area (Å²) in [6, 6.07) is 8.36. The van der Waals surface area contributed by atoms with Crippen LogP contribution in [0.1, 0.15) is 0 Å². The molecule has 0 saturated carbocycles. The zero-order chi connectivity index (χ0) is 12.9. The minimum absolute atomic E-state index is 0.0105. The lowest BCUT2D eigenvalue weighted by molar-refractivity contribution is 0.609. The summed E-state index contributed by atoms with van der Waals surface area (Å²) in [5.41, 5.74) is 0.855. The standard InChI is InChI=1S/C12H6ClFO3S/c13-18(15,16)8-2-4-11-10(6-8)9-3-1-7(14)5-12(9)17-11/h1-6H. The summed E-state index contributed by atoms with van der Waals surface area (Å²) in [6.45, 7) is 0. The SMILES string of the molecule is O=S(=O)(Cl)c1ccc2oc3cc(F)ccc3c2c1. The molecule has 2 aromatic carbocycles. The highest BCUT2D eigenvalue weighted by atomic mass is 35.7. The average molecular weight is 285 g/mol. The molecule has 0 amide bonds. The highest BCUT2D eigenvalue weighted by Gasteiger charge is 2.14. The Bertz CT molecular complexity index is 868. The summed E-state index contributed by atoms with van der Waals surface area (Å²) >= 11 is 0. The highest BCUT2D eigenvalue weighted by Crippen LogP contribution is 2.31. The van der Waals surface area contributed by atoms with Crippen molar-refractivity contribution >= 4 is 41.7 Å². The van der Waals surface area contributed by atoms with Crippen LogP contribution in [0.15, 0.2) is 45.7 Å². The van der Waals surface area contributed by atoms with Crippen molar-refractivity contribution in [1.29, 1.82) is 0 Å². The number of halogens is 2. The lowest BCUT2D eigenvalue weighted by atomic mass is 10.1. The van der Waals surface area contributed by atoms with E-state index in [-0.39, 0.29) is 4.90 Å². The van der Waals surface area contributed by atoms with Crippen LogP contribution in [0, 0.1) is 5.82 Å². The molecule has 1 heterocycles. The van der Waals surface area contributed by atoms with Gasteiger partial charge in [0.25, 0.3) is 9.05 Å². The largest absolute Gasteiger partial charge is 0.456 e. The van der Waals surface area contributed by atoms with E-state index in [4.69, 9.17) is 15.1 Å². The third-order valence-electron chi connectivity index (χ3n) is 2.69. The van der Waals surface area contributed by atoms with Crippen molar-refractivity contribution in [3.8, 4) is 0 Å². The second-order valence-electron chi connectivity index (χ2n) is 3.84. The predicted octanol–water partition coefficient (Wildman–Crippen LogP) is 3.65. The van der Waals surface area contributed by atoms with E-state index >= 15 is 0 Å². The summed E-state index contributed by atoms with van der Waals surface area (Å²) in [5.74, 6) is -0.410. The van der Waals surface area contributed by atoms with Crippen LogP contribution < -0.4 is 0 Å². The molecule has 92 valence electrons. The minimum atomic E-state index is -3.79. The first-order chi connectivity index (χ1) is 8.45. The van der Waals surface area contributed by atoms with Gasteiger partial charge in [0.05, 0.1) is 4.90 Å². The molecule has 6 heteroatoms. The van der Waals surface area contributed by atoms with E-state index in [9.17, 15) is 12.8 Å². The van der Waals surface area contributed by atoms with Crippen LogP contribution in [0.2, 0.25) is 0 Å². The van der Waals surface area contributed by atoms with Crippen molar-refractivity contribution in [1.82, 2.24) is 0 Å². The van der Waals surface area contributed by atoms with Crippen LogP contribution in [-0.2, 0) is 9.05 Å². The highest BCUT2D eigenvalue weighted by molar-refractivity contribution is 8.13. The molecule has 0 saturated heterocycles. The molecule has 3 rings (SSSR count). The molecule has 0 radical (unpaired) electrons. The van der Waals surface area contributed by atoms with E-state index in [0.717, 1.165) is 0 Å². The van der Waals surface area contributed by atoms with Gasteiger partial charge in [-0.25, -0.2) is 12.8 Å². The molecule has 0 aliphatic heterocycles. The second kappa shape index (κ2) is 3.70. The summed E-state index contributed by atoms with van der Waals surface area (Å²) in [4.78, 5) is -0.0105. The van der Waals surface area contributed by atoms with Gasteiger partial charge in [0.2, 0.25) is 0 Å². The Labute approximate surface area is 106 Å². The third-order valence-corrected chi connectivity index (χ3v) is 4.04. The second-order valence-corrected chi connectivity index (χ2v) is 6.40. The van der Waals surface area contributed by atoms with Crippen LogP contribution in [0.25, 0.3) is 21.9 Å². The maximum absolute atomic E-state index is 13.1.